The van der Waals surface area contributed by atoms with E-state index in [1.165, 1.54) is 0 Å². The number of benzene rings is 3. The van der Waals surface area contributed by atoms with Crippen molar-refractivity contribution in [3.05, 3.63) is 83.4 Å². The monoisotopic (exact) mass is 436 g/mol. The minimum absolute atomic E-state index is 0.00582. The molecule has 4 rings (SSSR count). The number of aromatic nitrogens is 2. The molecule has 6 N–H and O–H groups in total. The van der Waals surface area contributed by atoms with Crippen LogP contribution >= 0.6 is 0 Å². The third kappa shape index (κ3) is 4.64. The highest BCUT2D eigenvalue weighted by atomic mass is 19.1. The molecule has 0 aliphatic heterocycles. The van der Waals surface area contributed by atoms with E-state index in [9.17, 15) is 18.4 Å². The Balaban J connectivity index is 1.40. The summed E-state index contributed by atoms with van der Waals surface area (Å²) in [6.45, 7) is 0.123. The number of amides is 3. The predicted octanol–water partition coefficient (Wildman–Crippen LogP) is 4.00. The van der Waals surface area contributed by atoms with Crippen molar-refractivity contribution in [3.8, 4) is 0 Å². The van der Waals surface area contributed by atoms with E-state index in [0.29, 0.717) is 33.8 Å². The number of carbonyl (C=O) groups excluding carboxylic acids is 2. The fourth-order valence-electron chi connectivity index (χ4n) is 3.23. The minimum atomic E-state index is -0.795. The Labute approximate surface area is 180 Å². The molecule has 0 saturated heterocycles. The van der Waals surface area contributed by atoms with E-state index in [-0.39, 0.29) is 24.0 Å². The first-order valence-corrected chi connectivity index (χ1v) is 9.53. The number of aromatic amines is 1. The van der Waals surface area contributed by atoms with E-state index < -0.39 is 17.7 Å². The van der Waals surface area contributed by atoms with Crippen molar-refractivity contribution in [2.75, 3.05) is 16.4 Å². The summed E-state index contributed by atoms with van der Waals surface area (Å²) < 4.78 is 26.5. The van der Waals surface area contributed by atoms with E-state index in [1.54, 1.807) is 42.5 Å². The Morgan fingerprint density at radius 3 is 2.47 bits per heavy atom. The maximum absolute atomic E-state index is 13.2. The normalized spacial score (nSPS) is 10.7. The van der Waals surface area contributed by atoms with Gasteiger partial charge in [0.25, 0.3) is 5.91 Å². The van der Waals surface area contributed by atoms with E-state index in [1.807, 2.05) is 0 Å². The molecule has 3 amide bonds. The zero-order valence-corrected chi connectivity index (χ0v) is 16.6. The smallest absolute Gasteiger partial charge is 0.319 e. The Hall–Kier alpha value is -4.47. The fraction of sp³-hybridized carbons (Fsp3) is 0.0455. The van der Waals surface area contributed by atoms with Crippen molar-refractivity contribution in [1.29, 1.82) is 0 Å². The quantitative estimate of drug-likeness (QED) is 0.324. The molecule has 3 aromatic carbocycles. The van der Waals surface area contributed by atoms with Gasteiger partial charge in [0.05, 0.1) is 16.5 Å². The van der Waals surface area contributed by atoms with E-state index >= 15 is 0 Å². The molecule has 8 nitrogen and oxygen atoms in total. The highest BCUT2D eigenvalue weighted by molar-refractivity contribution is 6.14. The number of urea groups is 1. The van der Waals surface area contributed by atoms with Crippen molar-refractivity contribution in [2.45, 2.75) is 6.54 Å². The Bertz CT molecular complexity index is 1300. The standard InChI is InChI=1S/C22H18F2N6O2/c23-13-8-14(24)10-16(9-13)28-22(32)26-11-12-3-1-4-15(7-12)27-21(31)17-5-2-6-18-19(17)20(25)30-29-18/h1-10H,11H2,(H,27,31)(H3,25,29,30)(H2,26,28,32). The van der Waals surface area contributed by atoms with Crippen LogP contribution in [0.25, 0.3) is 10.9 Å². The summed E-state index contributed by atoms with van der Waals surface area (Å²) in [7, 11) is 0. The van der Waals surface area contributed by atoms with E-state index in [2.05, 4.69) is 26.1 Å². The summed E-state index contributed by atoms with van der Waals surface area (Å²) >= 11 is 0. The van der Waals surface area contributed by atoms with Crippen molar-refractivity contribution in [3.63, 3.8) is 0 Å². The average Bonchev–Trinajstić information content (AvgIpc) is 3.13. The molecule has 10 heteroatoms. The number of rotatable bonds is 5. The number of nitrogens with one attached hydrogen (secondary N) is 4. The minimum Gasteiger partial charge on any atom is -0.382 e. The number of H-pyrrole nitrogens is 1. The molecule has 0 atom stereocenters. The van der Waals surface area contributed by atoms with E-state index in [4.69, 9.17) is 5.73 Å². The van der Waals surface area contributed by atoms with Crippen LogP contribution in [0.2, 0.25) is 0 Å². The predicted molar refractivity (Wildman–Crippen MR) is 117 cm³/mol. The van der Waals surface area contributed by atoms with Crippen molar-refractivity contribution >= 4 is 40.0 Å². The van der Waals surface area contributed by atoms with Gasteiger partial charge in [-0.15, -0.1) is 0 Å². The SMILES string of the molecule is Nc1n[nH]c2cccc(C(=O)Nc3cccc(CNC(=O)Nc4cc(F)cc(F)c4)c3)c12. The molecule has 0 aliphatic rings. The molecule has 0 bridgehead atoms. The van der Waals surface area contributed by atoms with Gasteiger partial charge < -0.3 is 21.7 Å². The molecular weight excluding hydrogens is 418 g/mol. The summed E-state index contributed by atoms with van der Waals surface area (Å²) in [5.74, 6) is -1.72. The molecular formula is C22H18F2N6O2. The van der Waals surface area contributed by atoms with Gasteiger partial charge in [0.1, 0.15) is 11.6 Å². The number of carbonyl (C=O) groups is 2. The van der Waals surface area contributed by atoms with Crippen LogP contribution in [-0.4, -0.2) is 22.1 Å². The molecule has 4 aromatic rings. The molecule has 162 valence electrons. The first kappa shape index (κ1) is 20.8. The van der Waals surface area contributed by atoms with Crippen LogP contribution in [0.15, 0.2) is 60.7 Å². The first-order valence-electron chi connectivity index (χ1n) is 9.53. The highest BCUT2D eigenvalue weighted by Gasteiger charge is 2.14. The maximum Gasteiger partial charge on any atom is 0.319 e. The number of nitrogen functional groups attached to an aromatic ring is 1. The van der Waals surface area contributed by atoms with Gasteiger partial charge in [0, 0.05) is 24.0 Å². The second-order valence-corrected chi connectivity index (χ2v) is 6.96. The Morgan fingerprint density at radius 1 is 0.938 bits per heavy atom. The van der Waals surface area contributed by atoms with Gasteiger partial charge in [-0.05, 0) is 42.0 Å². The number of anilines is 3. The third-order valence-corrected chi connectivity index (χ3v) is 4.62. The van der Waals surface area contributed by atoms with Crippen LogP contribution in [0.4, 0.5) is 30.8 Å². The zero-order valence-electron chi connectivity index (χ0n) is 16.6. The van der Waals surface area contributed by atoms with Crippen LogP contribution in [0.5, 0.6) is 0 Å². The molecule has 32 heavy (non-hydrogen) atoms. The first-order chi connectivity index (χ1) is 15.4. The summed E-state index contributed by atoms with van der Waals surface area (Å²) in [5.41, 5.74) is 8.09. The van der Waals surface area contributed by atoms with Gasteiger partial charge in [-0.2, -0.15) is 5.10 Å². The van der Waals surface area contributed by atoms with Crippen LogP contribution in [0, 0.1) is 11.6 Å². The number of nitrogens with two attached hydrogens (primary N) is 1. The van der Waals surface area contributed by atoms with Crippen molar-refractivity contribution in [1.82, 2.24) is 15.5 Å². The molecule has 0 radical (unpaired) electrons. The number of nitrogens with zero attached hydrogens (tertiary/aromatic N) is 1. The lowest BCUT2D eigenvalue weighted by molar-refractivity contribution is 0.102. The zero-order chi connectivity index (χ0) is 22.7. The van der Waals surface area contributed by atoms with Crippen molar-refractivity contribution in [2.24, 2.45) is 0 Å². The van der Waals surface area contributed by atoms with Gasteiger partial charge in [-0.3, -0.25) is 9.89 Å². The molecule has 0 saturated carbocycles. The number of halogens is 2. The number of hydrogen-bond acceptors (Lipinski definition) is 4. The lowest BCUT2D eigenvalue weighted by atomic mass is 10.1. The van der Waals surface area contributed by atoms with Crippen LogP contribution < -0.4 is 21.7 Å². The fourth-order valence-corrected chi connectivity index (χ4v) is 3.23. The molecule has 0 fully saturated rings. The second kappa shape index (κ2) is 8.72. The lowest BCUT2D eigenvalue weighted by Gasteiger charge is -2.10. The largest absolute Gasteiger partial charge is 0.382 e. The molecule has 1 aromatic heterocycles. The molecule has 0 aliphatic carbocycles. The van der Waals surface area contributed by atoms with Crippen LogP contribution in [0.1, 0.15) is 15.9 Å². The van der Waals surface area contributed by atoms with Gasteiger partial charge in [0.15, 0.2) is 5.82 Å². The number of fused-ring (bicyclic) bond motifs is 1. The van der Waals surface area contributed by atoms with Crippen molar-refractivity contribution < 1.29 is 18.4 Å². The molecule has 0 unspecified atom stereocenters. The summed E-state index contributed by atoms with van der Waals surface area (Å²) in [5, 5.41) is 15.0. The Morgan fingerprint density at radius 2 is 1.69 bits per heavy atom. The Kier molecular flexibility index (Phi) is 5.67. The maximum atomic E-state index is 13.2. The average molecular weight is 436 g/mol. The van der Waals surface area contributed by atoms with Crippen LogP contribution in [-0.2, 0) is 6.54 Å². The van der Waals surface area contributed by atoms with E-state index in [0.717, 1.165) is 12.1 Å². The van der Waals surface area contributed by atoms with Gasteiger partial charge in [-0.25, -0.2) is 13.6 Å². The highest BCUT2D eigenvalue weighted by Crippen LogP contribution is 2.23. The number of hydrogen-bond donors (Lipinski definition) is 5. The van der Waals surface area contributed by atoms with Gasteiger partial charge in [-0.1, -0.05) is 18.2 Å². The summed E-state index contributed by atoms with van der Waals surface area (Å²) in [4.78, 5) is 24.8. The van der Waals surface area contributed by atoms with Gasteiger partial charge >= 0.3 is 6.03 Å². The second-order valence-electron chi connectivity index (χ2n) is 6.96. The molecule has 1 heterocycles. The summed E-state index contributed by atoms with van der Waals surface area (Å²) in [6.07, 6.45) is 0. The van der Waals surface area contributed by atoms with Gasteiger partial charge in [0.2, 0.25) is 0 Å². The lowest BCUT2D eigenvalue weighted by Crippen LogP contribution is -2.28. The topological polar surface area (TPSA) is 125 Å². The summed E-state index contributed by atoms with van der Waals surface area (Å²) in [6, 6.07) is 14.1. The van der Waals surface area contributed by atoms with Crippen LogP contribution in [0.3, 0.4) is 0 Å². The molecule has 0 spiro atoms. The third-order valence-electron chi connectivity index (χ3n) is 4.62.